The minimum Gasteiger partial charge on any atom is -0.378 e. The second-order valence-electron chi connectivity index (χ2n) is 4.80. The fourth-order valence-corrected chi connectivity index (χ4v) is 2.53. The Hall–Kier alpha value is -1.35. The van der Waals surface area contributed by atoms with Crippen molar-refractivity contribution in [3.63, 3.8) is 0 Å². The van der Waals surface area contributed by atoms with Crippen molar-refractivity contribution in [3.8, 4) is 0 Å². The molecule has 1 atom stereocenters. The molecule has 1 unspecified atom stereocenters. The minimum atomic E-state index is -0.230. The van der Waals surface area contributed by atoms with Crippen LogP contribution in [-0.4, -0.2) is 0 Å². The average Bonchev–Trinajstić information content (AvgIpc) is 2.36. The van der Waals surface area contributed by atoms with Gasteiger partial charge in [0.05, 0.1) is 4.47 Å². The Bertz CT molecular complexity index is 595. The standard InChI is InChI=1S/C16H17BrFN/c1-10-6-4-5-7-13(10)12(3)19-16-9-14(17)15(18)8-11(16)2/h4-9,12,19H,1-3H3. The first-order valence-corrected chi connectivity index (χ1v) is 7.06. The highest BCUT2D eigenvalue weighted by Gasteiger charge is 2.11. The van der Waals surface area contributed by atoms with E-state index in [2.05, 4.69) is 47.2 Å². The lowest BCUT2D eigenvalue weighted by Gasteiger charge is -2.19. The zero-order valence-corrected chi connectivity index (χ0v) is 12.9. The van der Waals surface area contributed by atoms with Gasteiger partial charge in [0.15, 0.2) is 0 Å². The molecule has 2 aromatic rings. The molecule has 0 radical (unpaired) electrons. The Morgan fingerprint density at radius 2 is 1.79 bits per heavy atom. The molecule has 1 nitrogen and oxygen atoms in total. The molecular formula is C16H17BrFN. The molecule has 0 aromatic heterocycles. The number of rotatable bonds is 3. The summed E-state index contributed by atoms with van der Waals surface area (Å²) in [6.07, 6.45) is 0. The third kappa shape index (κ3) is 3.16. The zero-order chi connectivity index (χ0) is 14.0. The first-order valence-electron chi connectivity index (χ1n) is 6.26. The first kappa shape index (κ1) is 14.1. The van der Waals surface area contributed by atoms with E-state index in [9.17, 15) is 4.39 Å². The number of anilines is 1. The van der Waals surface area contributed by atoms with Crippen molar-refractivity contribution in [2.24, 2.45) is 0 Å². The van der Waals surface area contributed by atoms with Crippen molar-refractivity contribution >= 4 is 21.6 Å². The fraction of sp³-hybridized carbons (Fsp3) is 0.250. The highest BCUT2D eigenvalue weighted by atomic mass is 79.9. The quantitative estimate of drug-likeness (QED) is 0.800. The van der Waals surface area contributed by atoms with Crippen molar-refractivity contribution < 1.29 is 4.39 Å². The van der Waals surface area contributed by atoms with E-state index in [1.807, 2.05) is 19.1 Å². The zero-order valence-electron chi connectivity index (χ0n) is 11.3. The van der Waals surface area contributed by atoms with Gasteiger partial charge in [-0.15, -0.1) is 0 Å². The number of nitrogens with one attached hydrogen (secondary N) is 1. The van der Waals surface area contributed by atoms with Gasteiger partial charge >= 0.3 is 0 Å². The maximum absolute atomic E-state index is 13.4. The lowest BCUT2D eigenvalue weighted by molar-refractivity contribution is 0.620. The Morgan fingerprint density at radius 1 is 1.11 bits per heavy atom. The number of hydrogen-bond acceptors (Lipinski definition) is 1. The largest absolute Gasteiger partial charge is 0.378 e. The summed E-state index contributed by atoms with van der Waals surface area (Å²) in [5.74, 6) is -0.230. The third-order valence-corrected chi connectivity index (χ3v) is 3.90. The summed E-state index contributed by atoms with van der Waals surface area (Å²) in [5, 5.41) is 3.44. The Morgan fingerprint density at radius 3 is 2.47 bits per heavy atom. The van der Waals surface area contributed by atoms with Crippen LogP contribution < -0.4 is 5.32 Å². The lowest BCUT2D eigenvalue weighted by Crippen LogP contribution is -2.09. The Labute approximate surface area is 122 Å². The average molecular weight is 322 g/mol. The van der Waals surface area contributed by atoms with Crippen molar-refractivity contribution in [2.45, 2.75) is 26.8 Å². The normalized spacial score (nSPS) is 12.3. The van der Waals surface area contributed by atoms with Crippen LogP contribution in [0.4, 0.5) is 10.1 Å². The van der Waals surface area contributed by atoms with E-state index in [-0.39, 0.29) is 11.9 Å². The molecule has 19 heavy (non-hydrogen) atoms. The molecule has 0 aliphatic heterocycles. The van der Waals surface area contributed by atoms with Crippen LogP contribution >= 0.6 is 15.9 Å². The summed E-state index contributed by atoms with van der Waals surface area (Å²) in [6.45, 7) is 6.11. The highest BCUT2D eigenvalue weighted by molar-refractivity contribution is 9.10. The third-order valence-electron chi connectivity index (χ3n) is 3.29. The summed E-state index contributed by atoms with van der Waals surface area (Å²) >= 11 is 3.23. The second kappa shape index (κ2) is 5.74. The summed E-state index contributed by atoms with van der Waals surface area (Å²) in [5.41, 5.74) is 4.36. The van der Waals surface area contributed by atoms with E-state index >= 15 is 0 Å². The second-order valence-corrected chi connectivity index (χ2v) is 5.66. The molecule has 0 spiro atoms. The highest BCUT2D eigenvalue weighted by Crippen LogP contribution is 2.28. The van der Waals surface area contributed by atoms with Crippen LogP contribution in [0, 0.1) is 19.7 Å². The van der Waals surface area contributed by atoms with Crippen LogP contribution in [-0.2, 0) is 0 Å². The van der Waals surface area contributed by atoms with Crippen molar-refractivity contribution in [3.05, 3.63) is 63.4 Å². The van der Waals surface area contributed by atoms with Gasteiger partial charge in [0.2, 0.25) is 0 Å². The van der Waals surface area contributed by atoms with E-state index in [0.717, 1.165) is 11.3 Å². The summed E-state index contributed by atoms with van der Waals surface area (Å²) in [7, 11) is 0. The topological polar surface area (TPSA) is 12.0 Å². The van der Waals surface area contributed by atoms with Gasteiger partial charge in [0.1, 0.15) is 5.82 Å². The van der Waals surface area contributed by atoms with E-state index in [4.69, 9.17) is 0 Å². The monoisotopic (exact) mass is 321 g/mol. The van der Waals surface area contributed by atoms with Gasteiger partial charge in [-0.05, 0) is 65.5 Å². The maximum Gasteiger partial charge on any atom is 0.137 e. The number of halogens is 2. The van der Waals surface area contributed by atoms with Crippen LogP contribution in [0.3, 0.4) is 0 Å². The summed E-state index contributed by atoms with van der Waals surface area (Å²) < 4.78 is 13.9. The Balaban J connectivity index is 2.27. The fourth-order valence-electron chi connectivity index (χ4n) is 2.19. The van der Waals surface area contributed by atoms with Gasteiger partial charge in [-0.1, -0.05) is 24.3 Å². The van der Waals surface area contributed by atoms with Crippen molar-refractivity contribution in [2.75, 3.05) is 5.32 Å². The molecule has 2 aromatic carbocycles. The van der Waals surface area contributed by atoms with Gasteiger partial charge in [0, 0.05) is 11.7 Å². The molecule has 2 rings (SSSR count). The molecule has 100 valence electrons. The van der Waals surface area contributed by atoms with Crippen molar-refractivity contribution in [1.82, 2.24) is 0 Å². The Kier molecular flexibility index (Phi) is 4.25. The molecule has 0 bridgehead atoms. The molecule has 0 saturated carbocycles. The molecule has 0 fully saturated rings. The SMILES string of the molecule is Cc1cc(F)c(Br)cc1NC(C)c1ccccc1C. The van der Waals surface area contributed by atoms with Crippen LogP contribution in [0.5, 0.6) is 0 Å². The van der Waals surface area contributed by atoms with Crippen LogP contribution in [0.15, 0.2) is 40.9 Å². The van der Waals surface area contributed by atoms with Gasteiger partial charge in [-0.25, -0.2) is 4.39 Å². The smallest absolute Gasteiger partial charge is 0.137 e. The van der Waals surface area contributed by atoms with Crippen molar-refractivity contribution in [1.29, 1.82) is 0 Å². The van der Waals surface area contributed by atoms with E-state index in [1.54, 1.807) is 6.07 Å². The number of benzene rings is 2. The maximum atomic E-state index is 13.4. The number of aryl methyl sites for hydroxylation is 2. The predicted molar refractivity (Wildman–Crippen MR) is 82.1 cm³/mol. The molecule has 0 aliphatic rings. The minimum absolute atomic E-state index is 0.178. The first-order chi connectivity index (χ1) is 8.99. The van der Waals surface area contributed by atoms with Crippen LogP contribution in [0.25, 0.3) is 0 Å². The summed E-state index contributed by atoms with van der Waals surface area (Å²) in [4.78, 5) is 0. The molecule has 0 aliphatic carbocycles. The molecule has 0 heterocycles. The summed E-state index contributed by atoms with van der Waals surface area (Å²) in [6, 6.07) is 11.8. The van der Waals surface area contributed by atoms with E-state index in [1.165, 1.54) is 17.2 Å². The van der Waals surface area contributed by atoms with E-state index < -0.39 is 0 Å². The van der Waals surface area contributed by atoms with Gasteiger partial charge < -0.3 is 5.32 Å². The van der Waals surface area contributed by atoms with Gasteiger partial charge in [-0.3, -0.25) is 0 Å². The van der Waals surface area contributed by atoms with Gasteiger partial charge in [0.25, 0.3) is 0 Å². The molecular weight excluding hydrogens is 305 g/mol. The lowest BCUT2D eigenvalue weighted by atomic mass is 10.0. The predicted octanol–water partition coefficient (Wildman–Crippen LogP) is 5.38. The van der Waals surface area contributed by atoms with Crippen LogP contribution in [0.1, 0.15) is 29.7 Å². The molecule has 0 amide bonds. The number of hydrogen-bond donors (Lipinski definition) is 1. The molecule has 1 N–H and O–H groups in total. The van der Waals surface area contributed by atoms with Crippen LogP contribution in [0.2, 0.25) is 0 Å². The van der Waals surface area contributed by atoms with E-state index in [0.29, 0.717) is 4.47 Å². The molecule has 0 saturated heterocycles. The molecule has 3 heteroatoms. The van der Waals surface area contributed by atoms with Gasteiger partial charge in [-0.2, -0.15) is 0 Å².